The third-order valence-corrected chi connectivity index (χ3v) is 4.24. The average molecular weight is 400 g/mol. The number of rotatable bonds is 5. The Morgan fingerprint density at radius 1 is 0.900 bits per heavy atom. The molecule has 0 aliphatic rings. The number of fused-ring (bicyclic) bond motifs is 1. The number of nitrogens with one attached hydrogen (secondary N) is 2. The number of amides is 2. The predicted molar refractivity (Wildman–Crippen MR) is 112 cm³/mol. The molecular weight excluding hydrogens is 384 g/mol. The molecule has 7 heteroatoms. The van der Waals surface area contributed by atoms with Crippen molar-refractivity contribution in [2.75, 3.05) is 5.32 Å². The lowest BCUT2D eigenvalue weighted by Crippen LogP contribution is -2.30. The van der Waals surface area contributed by atoms with Gasteiger partial charge in [0.05, 0.1) is 6.26 Å². The summed E-state index contributed by atoms with van der Waals surface area (Å²) >= 11 is 0. The summed E-state index contributed by atoms with van der Waals surface area (Å²) in [6.07, 6.45) is 2.91. The second-order valence-corrected chi connectivity index (χ2v) is 6.35. The number of benzene rings is 2. The second kappa shape index (κ2) is 8.32. The molecule has 0 saturated heterocycles. The predicted octanol–water partition coefficient (Wildman–Crippen LogP) is 3.80. The Labute approximate surface area is 170 Å². The Morgan fingerprint density at radius 3 is 2.50 bits per heavy atom. The van der Waals surface area contributed by atoms with Gasteiger partial charge in [-0.05, 0) is 48.5 Å². The van der Waals surface area contributed by atoms with Gasteiger partial charge in [0.25, 0.3) is 11.8 Å². The van der Waals surface area contributed by atoms with Crippen molar-refractivity contribution in [3.8, 4) is 0 Å². The molecule has 0 atom stereocenters. The summed E-state index contributed by atoms with van der Waals surface area (Å²) in [6, 6.07) is 19.7. The number of anilines is 1. The van der Waals surface area contributed by atoms with Crippen LogP contribution in [0.15, 0.2) is 98.4 Å². The fourth-order valence-electron chi connectivity index (χ4n) is 2.81. The van der Waals surface area contributed by atoms with E-state index in [1.807, 2.05) is 0 Å². The number of carbonyl (C=O) groups excluding carboxylic acids is 2. The van der Waals surface area contributed by atoms with Crippen LogP contribution in [0.3, 0.4) is 0 Å². The second-order valence-electron chi connectivity index (χ2n) is 6.35. The highest BCUT2D eigenvalue weighted by Crippen LogP contribution is 2.18. The van der Waals surface area contributed by atoms with E-state index in [-0.39, 0.29) is 5.70 Å². The van der Waals surface area contributed by atoms with E-state index in [2.05, 4.69) is 10.6 Å². The third kappa shape index (κ3) is 4.36. The zero-order valence-electron chi connectivity index (χ0n) is 15.6. The van der Waals surface area contributed by atoms with E-state index < -0.39 is 17.4 Å². The maximum Gasteiger partial charge on any atom is 0.336 e. The molecule has 2 amide bonds. The Balaban J connectivity index is 1.60. The first-order valence-electron chi connectivity index (χ1n) is 9.05. The van der Waals surface area contributed by atoms with E-state index in [0.717, 1.165) is 0 Å². The van der Waals surface area contributed by atoms with Gasteiger partial charge in [-0.25, -0.2) is 4.79 Å². The largest absolute Gasteiger partial charge is 0.465 e. The highest BCUT2D eigenvalue weighted by Gasteiger charge is 2.16. The van der Waals surface area contributed by atoms with E-state index in [0.29, 0.717) is 28.0 Å². The molecule has 0 bridgehead atoms. The van der Waals surface area contributed by atoms with Gasteiger partial charge in [-0.15, -0.1) is 0 Å². The summed E-state index contributed by atoms with van der Waals surface area (Å²) in [4.78, 5) is 36.7. The molecule has 0 aliphatic carbocycles. The van der Waals surface area contributed by atoms with Crippen molar-refractivity contribution in [1.29, 1.82) is 0 Å². The number of hydrogen-bond donors (Lipinski definition) is 2. The van der Waals surface area contributed by atoms with E-state index in [4.69, 9.17) is 8.83 Å². The van der Waals surface area contributed by atoms with Crippen molar-refractivity contribution in [2.24, 2.45) is 0 Å². The van der Waals surface area contributed by atoms with Gasteiger partial charge in [0.15, 0.2) is 0 Å². The fourth-order valence-corrected chi connectivity index (χ4v) is 2.81. The quantitative estimate of drug-likeness (QED) is 0.392. The van der Waals surface area contributed by atoms with E-state index in [9.17, 15) is 14.4 Å². The van der Waals surface area contributed by atoms with Crippen LogP contribution in [-0.4, -0.2) is 11.8 Å². The first-order chi connectivity index (χ1) is 14.6. The van der Waals surface area contributed by atoms with Crippen LogP contribution < -0.4 is 16.3 Å². The molecule has 0 fully saturated rings. The molecule has 2 N–H and O–H groups in total. The summed E-state index contributed by atoms with van der Waals surface area (Å²) in [7, 11) is 0. The Hall–Kier alpha value is -4.39. The molecular formula is C23H16N2O5. The number of carbonyl (C=O) groups is 2. The molecule has 0 unspecified atom stereocenters. The zero-order chi connectivity index (χ0) is 20.9. The standard InChI is InChI=1S/C23H16N2O5/c26-21-11-8-16-13-17(9-10-20(16)30-21)24-23(28)19(14-18-7-4-12-29-18)25-22(27)15-5-2-1-3-6-15/h1-14H,(H,24,28)(H,25,27). The van der Waals surface area contributed by atoms with Gasteiger partial charge in [0.1, 0.15) is 17.0 Å². The van der Waals surface area contributed by atoms with Gasteiger partial charge in [0.2, 0.25) is 0 Å². The van der Waals surface area contributed by atoms with Gasteiger partial charge >= 0.3 is 5.63 Å². The van der Waals surface area contributed by atoms with Crippen LogP contribution in [0.5, 0.6) is 0 Å². The Bertz CT molecular complexity index is 1290. The van der Waals surface area contributed by atoms with Gasteiger partial charge in [0, 0.05) is 28.8 Å². The average Bonchev–Trinajstić information content (AvgIpc) is 3.27. The minimum Gasteiger partial charge on any atom is -0.465 e. The van der Waals surface area contributed by atoms with Crippen molar-refractivity contribution in [3.63, 3.8) is 0 Å². The van der Waals surface area contributed by atoms with Crippen molar-refractivity contribution in [2.45, 2.75) is 0 Å². The molecule has 2 aromatic carbocycles. The van der Waals surface area contributed by atoms with Gasteiger partial charge in [-0.3, -0.25) is 9.59 Å². The third-order valence-electron chi connectivity index (χ3n) is 4.24. The molecule has 2 heterocycles. The van der Waals surface area contributed by atoms with Gasteiger partial charge in [-0.1, -0.05) is 18.2 Å². The number of furan rings is 1. The highest BCUT2D eigenvalue weighted by atomic mass is 16.4. The first kappa shape index (κ1) is 18.9. The molecule has 4 aromatic rings. The minimum atomic E-state index is -0.535. The summed E-state index contributed by atoms with van der Waals surface area (Å²) in [5.41, 5.74) is 0.853. The fraction of sp³-hybridized carbons (Fsp3) is 0. The van der Waals surface area contributed by atoms with Gasteiger partial charge in [-0.2, -0.15) is 0 Å². The molecule has 148 valence electrons. The summed E-state index contributed by atoms with van der Waals surface area (Å²) in [6.45, 7) is 0. The molecule has 4 rings (SSSR count). The van der Waals surface area contributed by atoms with Crippen LogP contribution in [0.2, 0.25) is 0 Å². The van der Waals surface area contributed by atoms with E-state index >= 15 is 0 Å². The van der Waals surface area contributed by atoms with Crippen LogP contribution in [0.25, 0.3) is 17.0 Å². The van der Waals surface area contributed by atoms with Crippen molar-refractivity contribution in [3.05, 3.63) is 107 Å². The summed E-state index contributed by atoms with van der Waals surface area (Å²) < 4.78 is 10.4. The molecule has 0 spiro atoms. The summed E-state index contributed by atoms with van der Waals surface area (Å²) in [5.74, 6) is -0.551. The smallest absolute Gasteiger partial charge is 0.336 e. The van der Waals surface area contributed by atoms with Crippen LogP contribution in [0.1, 0.15) is 16.1 Å². The lowest BCUT2D eigenvalue weighted by atomic mass is 10.2. The lowest BCUT2D eigenvalue weighted by molar-refractivity contribution is -0.113. The lowest BCUT2D eigenvalue weighted by Gasteiger charge is -2.11. The van der Waals surface area contributed by atoms with Crippen molar-refractivity contribution < 1.29 is 18.4 Å². The maximum absolute atomic E-state index is 12.9. The Kier molecular flexibility index (Phi) is 5.25. The summed E-state index contributed by atoms with van der Waals surface area (Å²) in [5, 5.41) is 6.01. The molecule has 0 aliphatic heterocycles. The monoisotopic (exact) mass is 400 g/mol. The van der Waals surface area contributed by atoms with Crippen LogP contribution in [0, 0.1) is 0 Å². The van der Waals surface area contributed by atoms with Gasteiger partial charge < -0.3 is 19.5 Å². The van der Waals surface area contributed by atoms with Crippen LogP contribution >= 0.6 is 0 Å². The van der Waals surface area contributed by atoms with Crippen molar-refractivity contribution >= 4 is 34.5 Å². The zero-order valence-corrected chi connectivity index (χ0v) is 15.6. The van der Waals surface area contributed by atoms with Crippen LogP contribution in [-0.2, 0) is 4.79 Å². The van der Waals surface area contributed by atoms with Crippen LogP contribution in [0.4, 0.5) is 5.69 Å². The SMILES string of the molecule is O=C(Nc1ccc2oc(=O)ccc2c1)C(=Cc1ccco1)NC(=O)c1ccccc1. The Morgan fingerprint density at radius 2 is 1.73 bits per heavy atom. The van der Waals surface area contributed by atoms with E-state index in [1.165, 1.54) is 18.4 Å². The molecule has 0 saturated carbocycles. The molecule has 0 radical (unpaired) electrons. The first-order valence-corrected chi connectivity index (χ1v) is 9.05. The number of hydrogen-bond acceptors (Lipinski definition) is 5. The topological polar surface area (TPSA) is 102 Å². The maximum atomic E-state index is 12.9. The van der Waals surface area contributed by atoms with E-state index in [1.54, 1.807) is 66.7 Å². The highest BCUT2D eigenvalue weighted by molar-refractivity contribution is 6.10. The molecule has 2 aromatic heterocycles. The normalized spacial score (nSPS) is 11.3. The molecule has 30 heavy (non-hydrogen) atoms. The minimum absolute atomic E-state index is 0.0125. The van der Waals surface area contributed by atoms with Crippen molar-refractivity contribution in [1.82, 2.24) is 5.32 Å². The molecule has 7 nitrogen and oxygen atoms in total.